The lowest BCUT2D eigenvalue weighted by Crippen LogP contribution is -2.48. The zero-order valence-corrected chi connectivity index (χ0v) is 11.9. The molecule has 0 unspecified atom stereocenters. The first-order valence-corrected chi connectivity index (χ1v) is 6.95. The Morgan fingerprint density at radius 2 is 1.94 bits per heavy atom. The molecule has 1 fully saturated rings. The highest BCUT2D eigenvalue weighted by molar-refractivity contribution is 7.80. The molecule has 0 radical (unpaired) electrons. The van der Waals surface area contributed by atoms with E-state index in [2.05, 4.69) is 53.6 Å². The third kappa shape index (κ3) is 3.21. The zero-order chi connectivity index (χ0) is 13.0. The molecule has 1 aromatic rings. The third-order valence-electron chi connectivity index (χ3n) is 3.23. The SMILES string of the molecule is CC(C)c1ccccc1NC(=S)N1CCNCC1. The predicted molar refractivity (Wildman–Crippen MR) is 81.2 cm³/mol. The first kappa shape index (κ1) is 13.3. The van der Waals surface area contributed by atoms with Crippen LogP contribution in [0.2, 0.25) is 0 Å². The maximum absolute atomic E-state index is 5.49. The molecule has 0 aromatic heterocycles. The molecule has 0 bridgehead atoms. The smallest absolute Gasteiger partial charge is 0.173 e. The zero-order valence-electron chi connectivity index (χ0n) is 11.1. The van der Waals surface area contributed by atoms with E-state index in [1.165, 1.54) is 5.56 Å². The minimum Gasteiger partial charge on any atom is -0.346 e. The highest BCUT2D eigenvalue weighted by Crippen LogP contribution is 2.23. The van der Waals surface area contributed by atoms with E-state index in [1.807, 2.05) is 0 Å². The standard InChI is InChI=1S/C14H21N3S/c1-11(2)12-5-3-4-6-13(12)16-14(18)17-9-7-15-8-10-17/h3-6,11,15H,7-10H2,1-2H3,(H,16,18). The van der Waals surface area contributed by atoms with Crippen molar-refractivity contribution >= 4 is 23.0 Å². The van der Waals surface area contributed by atoms with Gasteiger partial charge >= 0.3 is 0 Å². The van der Waals surface area contributed by atoms with Crippen molar-refractivity contribution in [1.29, 1.82) is 0 Å². The molecule has 1 aliphatic heterocycles. The number of piperazine rings is 1. The number of hydrogen-bond donors (Lipinski definition) is 2. The minimum absolute atomic E-state index is 0.500. The Morgan fingerprint density at radius 3 is 2.61 bits per heavy atom. The van der Waals surface area contributed by atoms with Gasteiger partial charge in [0, 0.05) is 31.9 Å². The number of benzene rings is 1. The van der Waals surface area contributed by atoms with E-state index in [-0.39, 0.29) is 0 Å². The topological polar surface area (TPSA) is 27.3 Å². The summed E-state index contributed by atoms with van der Waals surface area (Å²) in [6.45, 7) is 8.38. The van der Waals surface area contributed by atoms with Crippen molar-refractivity contribution in [3.8, 4) is 0 Å². The molecular formula is C14H21N3S. The van der Waals surface area contributed by atoms with Crippen LogP contribution in [0.1, 0.15) is 25.3 Å². The average molecular weight is 263 g/mol. The molecule has 0 atom stereocenters. The van der Waals surface area contributed by atoms with Crippen LogP contribution in [0.4, 0.5) is 5.69 Å². The first-order chi connectivity index (χ1) is 8.68. The molecule has 4 heteroatoms. The van der Waals surface area contributed by atoms with Crippen LogP contribution in [0.5, 0.6) is 0 Å². The van der Waals surface area contributed by atoms with Crippen LogP contribution >= 0.6 is 12.2 Å². The Hall–Kier alpha value is -1.13. The van der Waals surface area contributed by atoms with Crippen LogP contribution in [0.25, 0.3) is 0 Å². The third-order valence-corrected chi connectivity index (χ3v) is 3.59. The fourth-order valence-corrected chi connectivity index (χ4v) is 2.47. The van der Waals surface area contributed by atoms with Crippen LogP contribution in [-0.4, -0.2) is 36.2 Å². The van der Waals surface area contributed by atoms with Crippen molar-refractivity contribution in [3.63, 3.8) is 0 Å². The van der Waals surface area contributed by atoms with Crippen LogP contribution < -0.4 is 10.6 Å². The van der Waals surface area contributed by atoms with Gasteiger partial charge in [-0.25, -0.2) is 0 Å². The van der Waals surface area contributed by atoms with Crippen molar-refractivity contribution < 1.29 is 0 Å². The first-order valence-electron chi connectivity index (χ1n) is 6.54. The molecule has 1 heterocycles. The van der Waals surface area contributed by atoms with Crippen molar-refractivity contribution in [2.75, 3.05) is 31.5 Å². The summed E-state index contributed by atoms with van der Waals surface area (Å²) >= 11 is 5.49. The number of thiocarbonyl (C=S) groups is 1. The maximum Gasteiger partial charge on any atom is 0.173 e. The molecule has 98 valence electrons. The van der Waals surface area contributed by atoms with E-state index in [0.29, 0.717) is 5.92 Å². The van der Waals surface area contributed by atoms with Gasteiger partial charge in [-0.3, -0.25) is 0 Å². The summed E-state index contributed by atoms with van der Waals surface area (Å²) in [6.07, 6.45) is 0. The normalized spacial score (nSPS) is 15.8. The van der Waals surface area contributed by atoms with Crippen molar-refractivity contribution in [1.82, 2.24) is 10.2 Å². The van der Waals surface area contributed by atoms with Gasteiger partial charge in [-0.15, -0.1) is 0 Å². The molecule has 0 spiro atoms. The number of rotatable bonds is 2. The molecule has 0 aliphatic carbocycles. The van der Waals surface area contributed by atoms with Crippen molar-refractivity contribution in [3.05, 3.63) is 29.8 Å². The molecule has 2 N–H and O–H groups in total. The Morgan fingerprint density at radius 1 is 1.28 bits per heavy atom. The molecule has 18 heavy (non-hydrogen) atoms. The minimum atomic E-state index is 0.500. The van der Waals surface area contributed by atoms with E-state index in [1.54, 1.807) is 0 Å². The Kier molecular flexibility index (Phi) is 4.55. The van der Waals surface area contributed by atoms with E-state index >= 15 is 0 Å². The summed E-state index contributed by atoms with van der Waals surface area (Å²) in [5.41, 5.74) is 2.45. The molecular weight excluding hydrogens is 242 g/mol. The number of nitrogens with one attached hydrogen (secondary N) is 2. The second-order valence-corrected chi connectivity index (χ2v) is 5.30. The van der Waals surface area contributed by atoms with Gasteiger partial charge in [-0.2, -0.15) is 0 Å². The molecule has 1 aromatic carbocycles. The van der Waals surface area contributed by atoms with Gasteiger partial charge < -0.3 is 15.5 Å². The van der Waals surface area contributed by atoms with Crippen LogP contribution in [0.3, 0.4) is 0 Å². The fraction of sp³-hybridized carbons (Fsp3) is 0.500. The van der Waals surface area contributed by atoms with Gasteiger partial charge in [0.1, 0.15) is 0 Å². The summed E-state index contributed by atoms with van der Waals surface area (Å²) in [4.78, 5) is 2.23. The van der Waals surface area contributed by atoms with Crippen molar-refractivity contribution in [2.24, 2.45) is 0 Å². The predicted octanol–water partition coefficient (Wildman–Crippen LogP) is 2.41. The van der Waals surface area contributed by atoms with Gasteiger partial charge in [0.2, 0.25) is 0 Å². The quantitative estimate of drug-likeness (QED) is 0.801. The Labute approximate surface area is 115 Å². The van der Waals surface area contributed by atoms with Crippen LogP contribution in [0, 0.1) is 0 Å². The lowest BCUT2D eigenvalue weighted by Gasteiger charge is -2.30. The summed E-state index contributed by atoms with van der Waals surface area (Å²) in [5.74, 6) is 0.500. The average Bonchev–Trinajstić information content (AvgIpc) is 2.40. The summed E-state index contributed by atoms with van der Waals surface area (Å²) in [6, 6.07) is 8.39. The number of nitrogens with zero attached hydrogens (tertiary/aromatic N) is 1. The van der Waals surface area contributed by atoms with Crippen LogP contribution in [-0.2, 0) is 0 Å². The summed E-state index contributed by atoms with van der Waals surface area (Å²) in [7, 11) is 0. The van der Waals surface area contributed by atoms with Gasteiger partial charge in [-0.05, 0) is 29.8 Å². The van der Waals surface area contributed by atoms with Crippen molar-refractivity contribution in [2.45, 2.75) is 19.8 Å². The number of hydrogen-bond acceptors (Lipinski definition) is 2. The van der Waals surface area contributed by atoms with Gasteiger partial charge in [0.15, 0.2) is 5.11 Å². The second kappa shape index (κ2) is 6.16. The summed E-state index contributed by atoms with van der Waals surface area (Å²) in [5, 5.41) is 7.56. The Balaban J connectivity index is 2.06. The monoisotopic (exact) mass is 263 g/mol. The van der Waals surface area contributed by atoms with E-state index in [0.717, 1.165) is 37.0 Å². The molecule has 0 amide bonds. The van der Waals surface area contributed by atoms with E-state index in [9.17, 15) is 0 Å². The molecule has 3 nitrogen and oxygen atoms in total. The van der Waals surface area contributed by atoms with Gasteiger partial charge in [0.25, 0.3) is 0 Å². The van der Waals surface area contributed by atoms with Crippen LogP contribution in [0.15, 0.2) is 24.3 Å². The molecule has 0 saturated carbocycles. The lowest BCUT2D eigenvalue weighted by molar-refractivity contribution is 0.362. The largest absolute Gasteiger partial charge is 0.346 e. The van der Waals surface area contributed by atoms with E-state index in [4.69, 9.17) is 12.2 Å². The lowest BCUT2D eigenvalue weighted by atomic mass is 10.0. The highest BCUT2D eigenvalue weighted by atomic mass is 32.1. The van der Waals surface area contributed by atoms with E-state index < -0.39 is 0 Å². The highest BCUT2D eigenvalue weighted by Gasteiger charge is 2.14. The van der Waals surface area contributed by atoms with Gasteiger partial charge in [-0.1, -0.05) is 32.0 Å². The molecule has 1 aliphatic rings. The molecule has 2 rings (SSSR count). The molecule has 1 saturated heterocycles. The Bertz CT molecular complexity index is 411. The fourth-order valence-electron chi connectivity index (χ4n) is 2.18. The summed E-state index contributed by atoms with van der Waals surface area (Å²) < 4.78 is 0. The van der Waals surface area contributed by atoms with Gasteiger partial charge in [0.05, 0.1) is 0 Å². The second-order valence-electron chi connectivity index (χ2n) is 4.91. The maximum atomic E-state index is 5.49. The number of para-hydroxylation sites is 1. The number of anilines is 1.